The zero-order chi connectivity index (χ0) is 38.1. The van der Waals surface area contributed by atoms with E-state index in [9.17, 15) is 19.2 Å². The van der Waals surface area contributed by atoms with Crippen molar-refractivity contribution in [2.24, 2.45) is 21.7 Å². The van der Waals surface area contributed by atoms with Gasteiger partial charge in [-0.1, -0.05) is 19.1 Å². The van der Waals surface area contributed by atoms with Gasteiger partial charge in [0.05, 0.1) is 33.0 Å². The fraction of sp³-hybridized carbons (Fsp3) is 0.615. The van der Waals surface area contributed by atoms with Crippen LogP contribution in [-0.2, 0) is 42.9 Å². The van der Waals surface area contributed by atoms with Gasteiger partial charge in [-0.15, -0.1) is 0 Å². The topological polar surface area (TPSA) is 127 Å². The summed E-state index contributed by atoms with van der Waals surface area (Å²) in [6, 6.07) is 9.45. The highest BCUT2D eigenvalue weighted by Gasteiger charge is 2.56. The molecular weight excluding hydrogens is 706 g/mol. The molecule has 11 heteroatoms. The first-order valence-corrected chi connectivity index (χ1v) is 17.8. The standard InChI is InChI=1S/C39H54BrNO9/c1-15-39(13,14)35(45)50-31-30(49-34(44)38(10,11)12)29(48-33(43)37(7,8)9)28(47-32(42)36(4,5)6)27(46-31)24-17-16-23(20-21(24)2)26-19-18-25(40)22(3)41-26/h16-20,27-31H,15H2,1-14H3/t27-,28-,29-,30-,31-/m1/s1. The number of esters is 4. The number of hydrogen-bond donors (Lipinski definition) is 0. The van der Waals surface area contributed by atoms with Crippen molar-refractivity contribution < 1.29 is 42.9 Å². The number of rotatable bonds is 8. The van der Waals surface area contributed by atoms with E-state index >= 15 is 0 Å². The number of ether oxygens (including phenoxy) is 5. The molecule has 1 aliphatic heterocycles. The van der Waals surface area contributed by atoms with Gasteiger partial charge in [-0.25, -0.2) is 0 Å². The van der Waals surface area contributed by atoms with Gasteiger partial charge in [-0.3, -0.25) is 24.2 Å². The largest absolute Gasteiger partial charge is 0.455 e. The molecule has 0 spiro atoms. The van der Waals surface area contributed by atoms with Crippen LogP contribution in [0.2, 0.25) is 0 Å². The number of pyridine rings is 1. The lowest BCUT2D eigenvalue weighted by molar-refractivity contribution is -0.304. The Balaban J connectivity index is 2.30. The molecule has 2 aromatic rings. The Hall–Kier alpha value is -3.31. The van der Waals surface area contributed by atoms with Crippen LogP contribution in [0, 0.1) is 35.5 Å². The van der Waals surface area contributed by atoms with Crippen molar-refractivity contribution >= 4 is 39.8 Å². The second-order valence-corrected chi connectivity index (χ2v) is 17.6. The van der Waals surface area contributed by atoms with E-state index < -0.39 is 76.2 Å². The molecule has 1 aromatic heterocycles. The van der Waals surface area contributed by atoms with Crippen molar-refractivity contribution in [1.82, 2.24) is 4.98 Å². The van der Waals surface area contributed by atoms with Crippen LogP contribution >= 0.6 is 15.9 Å². The fourth-order valence-electron chi connectivity index (χ4n) is 4.71. The average Bonchev–Trinajstić information content (AvgIpc) is 2.99. The van der Waals surface area contributed by atoms with Gasteiger partial charge in [0.25, 0.3) is 0 Å². The molecule has 0 radical (unpaired) electrons. The maximum Gasteiger partial charge on any atom is 0.313 e. The number of aromatic nitrogens is 1. The number of carbonyl (C=O) groups is 4. The molecule has 3 rings (SSSR count). The number of halogens is 1. The van der Waals surface area contributed by atoms with Crippen LogP contribution in [0.5, 0.6) is 0 Å². The Bertz CT molecular complexity index is 1600. The Morgan fingerprint density at radius 3 is 1.66 bits per heavy atom. The summed E-state index contributed by atoms with van der Waals surface area (Å²) in [5.41, 5.74) is -0.115. The highest BCUT2D eigenvalue weighted by Crippen LogP contribution is 2.42. The zero-order valence-corrected chi connectivity index (χ0v) is 33.6. The lowest BCUT2D eigenvalue weighted by Gasteiger charge is -2.46. The molecule has 5 atom stereocenters. The normalized spacial score (nSPS) is 21.6. The van der Waals surface area contributed by atoms with Crippen LogP contribution in [0.3, 0.4) is 0 Å². The van der Waals surface area contributed by atoms with E-state index in [0.29, 0.717) is 12.0 Å². The third-order valence-electron chi connectivity index (χ3n) is 8.61. The highest BCUT2D eigenvalue weighted by molar-refractivity contribution is 9.10. The summed E-state index contributed by atoms with van der Waals surface area (Å²) in [7, 11) is 0. The third kappa shape index (κ3) is 9.72. The number of aryl methyl sites for hydroxylation is 2. The molecule has 1 saturated heterocycles. The molecule has 276 valence electrons. The van der Waals surface area contributed by atoms with Crippen molar-refractivity contribution in [3.05, 3.63) is 51.6 Å². The first kappa shape index (κ1) is 41.1. The quantitative estimate of drug-likeness (QED) is 0.191. The highest BCUT2D eigenvalue weighted by atomic mass is 79.9. The molecule has 50 heavy (non-hydrogen) atoms. The summed E-state index contributed by atoms with van der Waals surface area (Å²) < 4.78 is 31.9. The molecule has 1 aromatic carbocycles. The number of nitrogens with zero attached hydrogens (tertiary/aromatic N) is 1. The van der Waals surface area contributed by atoms with Crippen molar-refractivity contribution in [3.63, 3.8) is 0 Å². The summed E-state index contributed by atoms with van der Waals surface area (Å²) in [6.07, 6.45) is -6.39. The summed E-state index contributed by atoms with van der Waals surface area (Å²) in [5, 5.41) is 0. The monoisotopic (exact) mass is 759 g/mol. The lowest BCUT2D eigenvalue weighted by atomic mass is 9.88. The van der Waals surface area contributed by atoms with Gasteiger partial charge in [-0.05, 0) is 142 Å². The second-order valence-electron chi connectivity index (χ2n) is 16.8. The molecule has 2 heterocycles. The Labute approximate surface area is 305 Å². The lowest BCUT2D eigenvalue weighted by Crippen LogP contribution is -2.61. The van der Waals surface area contributed by atoms with Crippen LogP contribution in [0.1, 0.15) is 112 Å². The summed E-state index contributed by atoms with van der Waals surface area (Å²) in [5.74, 6) is -2.49. The molecule has 0 saturated carbocycles. The predicted octanol–water partition coefficient (Wildman–Crippen LogP) is 8.38. The molecule has 10 nitrogen and oxygen atoms in total. The molecule has 0 bridgehead atoms. The molecule has 0 unspecified atom stereocenters. The van der Waals surface area contributed by atoms with E-state index in [1.165, 1.54) is 0 Å². The van der Waals surface area contributed by atoms with Gasteiger partial charge >= 0.3 is 23.9 Å². The minimum Gasteiger partial charge on any atom is -0.455 e. The number of carbonyl (C=O) groups excluding carboxylic acids is 4. The number of hydrogen-bond acceptors (Lipinski definition) is 10. The van der Waals surface area contributed by atoms with Crippen LogP contribution in [-0.4, -0.2) is 53.5 Å². The molecule has 0 N–H and O–H groups in total. The van der Waals surface area contributed by atoms with E-state index in [-0.39, 0.29) is 0 Å². The third-order valence-corrected chi connectivity index (χ3v) is 9.45. The zero-order valence-electron chi connectivity index (χ0n) is 32.0. The second kappa shape index (κ2) is 15.1. The smallest absolute Gasteiger partial charge is 0.313 e. The molecule has 0 aliphatic carbocycles. The van der Waals surface area contributed by atoms with E-state index in [1.54, 1.807) is 76.2 Å². The van der Waals surface area contributed by atoms with E-state index in [1.807, 2.05) is 51.1 Å². The number of benzene rings is 1. The van der Waals surface area contributed by atoms with E-state index in [4.69, 9.17) is 28.7 Å². The SMILES string of the molecule is CCC(C)(C)C(=O)O[C@H]1O[C@H](c2ccc(-c3ccc(Br)c(C)n3)cc2C)[C@@H](OC(=O)C(C)(C)C)[C@@H](OC(=O)C(C)(C)C)[C@H]1OC(=O)C(C)(C)C. The Morgan fingerprint density at radius 2 is 1.20 bits per heavy atom. The van der Waals surface area contributed by atoms with Gasteiger partial charge in [0, 0.05) is 10.0 Å². The Kier molecular flexibility index (Phi) is 12.4. The van der Waals surface area contributed by atoms with Gasteiger partial charge in [0.15, 0.2) is 12.2 Å². The summed E-state index contributed by atoms with van der Waals surface area (Å²) in [4.78, 5) is 59.0. The predicted molar refractivity (Wildman–Crippen MR) is 193 cm³/mol. The first-order chi connectivity index (χ1) is 22.8. The van der Waals surface area contributed by atoms with Gasteiger partial charge in [0.1, 0.15) is 6.10 Å². The van der Waals surface area contributed by atoms with Crippen molar-refractivity contribution in [2.75, 3.05) is 0 Å². The van der Waals surface area contributed by atoms with E-state index in [2.05, 4.69) is 15.9 Å². The molecule has 0 amide bonds. The molecule has 1 fully saturated rings. The van der Waals surface area contributed by atoms with Crippen molar-refractivity contribution in [2.45, 2.75) is 134 Å². The maximum absolute atomic E-state index is 13.6. The van der Waals surface area contributed by atoms with Crippen LogP contribution in [0.15, 0.2) is 34.8 Å². The van der Waals surface area contributed by atoms with E-state index in [0.717, 1.165) is 27.0 Å². The van der Waals surface area contributed by atoms with Crippen LogP contribution < -0.4 is 0 Å². The average molecular weight is 761 g/mol. The fourth-order valence-corrected chi connectivity index (χ4v) is 4.93. The maximum atomic E-state index is 13.6. The van der Waals surface area contributed by atoms with Crippen molar-refractivity contribution in [1.29, 1.82) is 0 Å². The van der Waals surface area contributed by atoms with Crippen LogP contribution in [0.25, 0.3) is 11.3 Å². The van der Waals surface area contributed by atoms with Gasteiger partial charge in [0.2, 0.25) is 12.4 Å². The van der Waals surface area contributed by atoms with Gasteiger partial charge in [-0.2, -0.15) is 0 Å². The van der Waals surface area contributed by atoms with Gasteiger partial charge < -0.3 is 23.7 Å². The Morgan fingerprint density at radius 1 is 0.700 bits per heavy atom. The summed E-state index contributed by atoms with van der Waals surface area (Å²) in [6.45, 7) is 24.3. The molecular formula is C39H54BrNO9. The minimum atomic E-state index is -1.53. The van der Waals surface area contributed by atoms with Crippen molar-refractivity contribution in [3.8, 4) is 11.3 Å². The first-order valence-electron chi connectivity index (χ1n) is 17.0. The summed E-state index contributed by atoms with van der Waals surface area (Å²) >= 11 is 3.50. The minimum absolute atomic E-state index is 0.451. The molecule has 1 aliphatic rings. The van der Waals surface area contributed by atoms with Crippen LogP contribution in [0.4, 0.5) is 0 Å².